The van der Waals surface area contributed by atoms with Crippen LogP contribution in [0.2, 0.25) is 0 Å². The van der Waals surface area contributed by atoms with E-state index in [1.807, 2.05) is 0 Å². The predicted octanol–water partition coefficient (Wildman–Crippen LogP) is 15.6. The van der Waals surface area contributed by atoms with E-state index in [-0.39, 0.29) is 5.41 Å². The molecule has 0 saturated heterocycles. The van der Waals surface area contributed by atoms with Gasteiger partial charge in [-0.25, -0.2) is 0 Å². The number of nitrogens with zero attached hydrogens (tertiary/aromatic N) is 1. The van der Waals surface area contributed by atoms with Crippen molar-refractivity contribution in [1.82, 2.24) is 4.57 Å². The van der Waals surface area contributed by atoms with E-state index in [4.69, 9.17) is 0 Å². The molecule has 1 atom stereocenters. The largest absolute Gasteiger partial charge is 0.309 e. The second-order valence-electron chi connectivity index (χ2n) is 17.8. The normalized spacial score (nSPS) is 14.7. The Labute approximate surface area is 356 Å². The van der Waals surface area contributed by atoms with Crippen molar-refractivity contribution < 1.29 is 0 Å². The van der Waals surface area contributed by atoms with Gasteiger partial charge in [0.1, 0.15) is 0 Å². The second kappa shape index (κ2) is 12.8. The van der Waals surface area contributed by atoms with E-state index in [1.165, 1.54) is 121 Å². The lowest BCUT2D eigenvalue weighted by atomic mass is 9.82. The number of fused-ring (bicyclic) bond motifs is 15. The number of hydrogen-bond donors (Lipinski definition) is 0. The van der Waals surface area contributed by atoms with E-state index in [1.54, 1.807) is 0 Å². The van der Waals surface area contributed by atoms with Crippen LogP contribution < -0.4 is 0 Å². The Kier molecular flexibility index (Phi) is 7.23. The minimum absolute atomic E-state index is 0.108. The predicted molar refractivity (Wildman–Crippen MR) is 256 cm³/mol. The summed E-state index contributed by atoms with van der Waals surface area (Å²) in [6.07, 6.45) is 2.14. The highest BCUT2D eigenvalue weighted by Gasteiger charge is 2.36. The quantitative estimate of drug-likeness (QED) is 0.153. The summed E-state index contributed by atoms with van der Waals surface area (Å²) >= 11 is 0. The van der Waals surface area contributed by atoms with Crippen LogP contribution in [0.5, 0.6) is 0 Å². The van der Waals surface area contributed by atoms with Gasteiger partial charge in [0.2, 0.25) is 0 Å². The van der Waals surface area contributed by atoms with Gasteiger partial charge in [0.25, 0.3) is 0 Å². The van der Waals surface area contributed by atoms with Crippen LogP contribution in [0.25, 0.3) is 93.2 Å². The zero-order chi connectivity index (χ0) is 40.4. The molecule has 0 N–H and O–H groups in total. The van der Waals surface area contributed by atoms with Gasteiger partial charge >= 0.3 is 0 Å². The lowest BCUT2D eigenvalue weighted by Gasteiger charge is -2.21. The molecule has 1 heterocycles. The topological polar surface area (TPSA) is 4.93 Å². The molecule has 0 radical (unpaired) electrons. The molecule has 0 spiro atoms. The minimum atomic E-state index is -0.108. The lowest BCUT2D eigenvalue weighted by Crippen LogP contribution is -2.14. The van der Waals surface area contributed by atoms with E-state index in [9.17, 15) is 0 Å². The molecule has 13 rings (SSSR count). The maximum absolute atomic E-state index is 3.26. The Bertz CT molecular complexity index is 3580. The van der Waals surface area contributed by atoms with Crippen molar-refractivity contribution in [3.63, 3.8) is 0 Å². The number of hydrogen-bond acceptors (Lipinski definition) is 0. The highest BCUT2D eigenvalue weighted by molar-refractivity contribution is 6.25. The van der Waals surface area contributed by atoms with Crippen molar-refractivity contribution in [2.45, 2.75) is 38.0 Å². The molecule has 2 aliphatic carbocycles. The summed E-state index contributed by atoms with van der Waals surface area (Å²) in [6, 6.07) is 74.9. The van der Waals surface area contributed by atoms with Crippen molar-refractivity contribution >= 4 is 54.1 Å². The fraction of sp³-hybridized carbons (Fsp3) is 0.100. The molecule has 2 aliphatic rings. The molecule has 10 aromatic carbocycles. The summed E-state index contributed by atoms with van der Waals surface area (Å²) < 4.78 is 2.54. The maximum atomic E-state index is 3.26. The summed E-state index contributed by atoms with van der Waals surface area (Å²) in [4.78, 5) is 0. The van der Waals surface area contributed by atoms with Gasteiger partial charge in [0.05, 0.1) is 11.0 Å². The van der Waals surface area contributed by atoms with Crippen LogP contribution in [0.4, 0.5) is 0 Å². The number of rotatable bonds is 5. The molecule has 0 bridgehead atoms. The SMILES string of the molecule is CC1(C)c2ccccc2-c2cc3c4cc(-c5ccc6c7ccccc7c7cc#ccc7c6c5)ccc4n(-c4ccc5c(c4)-c4ccccc4C5CCc4ccccc4)c3cc21. The van der Waals surface area contributed by atoms with Crippen molar-refractivity contribution in [3.8, 4) is 39.1 Å². The molecule has 1 aromatic heterocycles. The van der Waals surface area contributed by atoms with E-state index in [2.05, 4.69) is 213 Å². The average molecular weight is 776 g/mol. The summed E-state index contributed by atoms with van der Waals surface area (Å²) in [5.41, 5.74) is 18.5. The Hall–Kier alpha value is -7.40. The number of aryl methyl sites for hydroxylation is 1. The molecule has 1 unspecified atom stereocenters. The first kappa shape index (κ1) is 34.5. The third-order valence-corrected chi connectivity index (χ3v) is 14.3. The zero-order valence-corrected chi connectivity index (χ0v) is 34.3. The molecule has 0 fully saturated rings. The van der Waals surface area contributed by atoms with E-state index in [0.717, 1.165) is 12.8 Å². The van der Waals surface area contributed by atoms with Gasteiger partial charge in [-0.05, 0) is 161 Å². The molecule has 61 heavy (non-hydrogen) atoms. The van der Waals surface area contributed by atoms with E-state index >= 15 is 0 Å². The highest BCUT2D eigenvalue weighted by Crippen LogP contribution is 2.52. The summed E-state index contributed by atoms with van der Waals surface area (Å²) in [6.45, 7) is 4.78. The highest BCUT2D eigenvalue weighted by atomic mass is 15.0. The average Bonchev–Trinajstić information content (AvgIpc) is 3.89. The van der Waals surface area contributed by atoms with Crippen molar-refractivity contribution in [3.05, 3.63) is 222 Å². The second-order valence-corrected chi connectivity index (χ2v) is 17.8. The fourth-order valence-corrected chi connectivity index (χ4v) is 11.3. The summed E-state index contributed by atoms with van der Waals surface area (Å²) in [5.74, 6) is 0.372. The van der Waals surface area contributed by atoms with Crippen molar-refractivity contribution in [1.29, 1.82) is 0 Å². The van der Waals surface area contributed by atoms with Crippen LogP contribution in [0.15, 0.2) is 182 Å². The smallest absolute Gasteiger partial charge is 0.0544 e. The van der Waals surface area contributed by atoms with Gasteiger partial charge in [-0.3, -0.25) is 0 Å². The molecule has 1 nitrogen and oxygen atoms in total. The van der Waals surface area contributed by atoms with Crippen LogP contribution in [0.1, 0.15) is 54.0 Å². The molecule has 0 saturated carbocycles. The molecule has 11 aromatic rings. The van der Waals surface area contributed by atoms with Crippen LogP contribution in [0, 0.1) is 12.1 Å². The van der Waals surface area contributed by atoms with Crippen LogP contribution in [-0.4, -0.2) is 4.57 Å². The Balaban J connectivity index is 1.02. The van der Waals surface area contributed by atoms with Gasteiger partial charge in [-0.15, -0.1) is 0 Å². The molecule has 0 aliphatic heterocycles. The summed E-state index contributed by atoms with van der Waals surface area (Å²) in [7, 11) is 0. The molecular formula is C60H41N. The van der Waals surface area contributed by atoms with Crippen LogP contribution >= 0.6 is 0 Å². The first-order chi connectivity index (χ1) is 30.0. The van der Waals surface area contributed by atoms with Crippen molar-refractivity contribution in [2.75, 3.05) is 0 Å². The Morgan fingerprint density at radius 3 is 1.92 bits per heavy atom. The number of aromatic nitrogens is 1. The van der Waals surface area contributed by atoms with Gasteiger partial charge < -0.3 is 4.57 Å². The van der Waals surface area contributed by atoms with Crippen LogP contribution in [-0.2, 0) is 11.8 Å². The first-order valence-corrected chi connectivity index (χ1v) is 21.7. The fourth-order valence-electron chi connectivity index (χ4n) is 11.3. The molecular weight excluding hydrogens is 735 g/mol. The van der Waals surface area contributed by atoms with E-state index in [0.29, 0.717) is 5.92 Å². The van der Waals surface area contributed by atoms with Crippen LogP contribution in [0.3, 0.4) is 0 Å². The first-order valence-electron chi connectivity index (χ1n) is 21.7. The lowest BCUT2D eigenvalue weighted by molar-refractivity contribution is 0.661. The van der Waals surface area contributed by atoms with Crippen molar-refractivity contribution in [2.24, 2.45) is 0 Å². The molecule has 1 heteroatoms. The Morgan fingerprint density at radius 2 is 1.08 bits per heavy atom. The molecule has 0 amide bonds. The third kappa shape index (κ3) is 4.97. The zero-order valence-electron chi connectivity index (χ0n) is 34.3. The Morgan fingerprint density at radius 1 is 0.443 bits per heavy atom. The van der Waals surface area contributed by atoms with Gasteiger partial charge in [0, 0.05) is 27.8 Å². The van der Waals surface area contributed by atoms with Gasteiger partial charge in [-0.2, -0.15) is 0 Å². The standard InChI is InChI=1S/C60H41N/c1-60(2)56-23-13-12-22-50(56)53-35-55-54-33-39(38-25-29-48-43-18-7-6-16-41(43)42-17-8-10-20-45(42)51(48)32-38)26-31-58(54)61(59(55)36-57(53)60)40-27-30-49-47(28-24-37-14-4-3-5-15-37)44-19-9-11-21-46(44)52(49)34-40/h3-7,9,11-23,25-27,29-36,47H,24,28H2,1-2H3. The monoisotopic (exact) mass is 775 g/mol. The number of benzene rings is 9. The van der Waals surface area contributed by atoms with Gasteiger partial charge in [-0.1, -0.05) is 153 Å². The maximum Gasteiger partial charge on any atom is 0.0544 e. The summed E-state index contributed by atoms with van der Waals surface area (Å²) in [5, 5.41) is 10.0. The molecule has 286 valence electrons. The third-order valence-electron chi connectivity index (χ3n) is 14.3. The van der Waals surface area contributed by atoms with Gasteiger partial charge in [0.15, 0.2) is 0 Å². The van der Waals surface area contributed by atoms with E-state index < -0.39 is 0 Å². The minimum Gasteiger partial charge on any atom is -0.309 e.